The number of hydrogen-bond donors (Lipinski definition) is 1. The van der Waals surface area contributed by atoms with E-state index < -0.39 is 0 Å². The van der Waals surface area contributed by atoms with E-state index in [1.54, 1.807) is 12.1 Å². The lowest BCUT2D eigenvalue weighted by Crippen LogP contribution is -2.43. The fraction of sp³-hybridized carbons (Fsp3) is 0.500. The Morgan fingerprint density at radius 2 is 1.91 bits per heavy atom. The number of anilines is 1. The van der Waals surface area contributed by atoms with Crippen molar-refractivity contribution < 1.29 is 13.9 Å². The van der Waals surface area contributed by atoms with Crippen molar-refractivity contribution in [2.24, 2.45) is 0 Å². The van der Waals surface area contributed by atoms with Gasteiger partial charge in [0.05, 0.1) is 0 Å². The van der Waals surface area contributed by atoms with Crippen LogP contribution in [0.1, 0.15) is 48.9 Å². The normalized spacial score (nSPS) is 21.3. The molecule has 2 atom stereocenters. The number of ether oxygens (including phenoxy) is 1. The molecular weight excluding hydrogens is 405 g/mol. The number of amides is 1. The fourth-order valence-corrected chi connectivity index (χ4v) is 4.82. The zero-order chi connectivity index (χ0) is 22.3. The number of rotatable bonds is 8. The molecule has 172 valence electrons. The second-order valence-electron chi connectivity index (χ2n) is 9.01. The van der Waals surface area contributed by atoms with E-state index in [9.17, 15) is 9.18 Å². The van der Waals surface area contributed by atoms with E-state index >= 15 is 0 Å². The highest BCUT2D eigenvalue weighted by molar-refractivity contribution is 5.94. The Morgan fingerprint density at radius 1 is 1.12 bits per heavy atom. The Balaban J connectivity index is 1.29. The third-order valence-corrected chi connectivity index (χ3v) is 6.69. The third kappa shape index (κ3) is 6.00. The van der Waals surface area contributed by atoms with E-state index in [1.165, 1.54) is 38.1 Å². The first kappa shape index (κ1) is 22.6. The number of halogens is 1. The molecule has 2 aromatic rings. The van der Waals surface area contributed by atoms with E-state index in [-0.39, 0.29) is 17.8 Å². The standard InChI is InChI=1S/C26H34FN3O2/c1-29(26(31)20-10-12-21(27)13-11-20)24-8-4-6-22(18-24)28-23-7-5-9-25(19-23)32-17-16-30-14-2-3-15-30/h5,7,9-13,19,22,24,28H,2-4,6,8,14-18H2,1H3/t22-,24+/m0/s1. The first-order valence-electron chi connectivity index (χ1n) is 11.8. The minimum atomic E-state index is -0.326. The largest absolute Gasteiger partial charge is 0.492 e. The van der Waals surface area contributed by atoms with Crippen LogP contribution >= 0.6 is 0 Å². The number of benzene rings is 2. The Labute approximate surface area is 190 Å². The van der Waals surface area contributed by atoms with Gasteiger partial charge in [0.1, 0.15) is 18.2 Å². The topological polar surface area (TPSA) is 44.8 Å². The van der Waals surface area contributed by atoms with Gasteiger partial charge in [0.15, 0.2) is 0 Å². The Morgan fingerprint density at radius 3 is 2.69 bits per heavy atom. The average Bonchev–Trinajstić information content (AvgIpc) is 3.33. The molecule has 1 heterocycles. The molecule has 1 N–H and O–H groups in total. The number of nitrogens with one attached hydrogen (secondary N) is 1. The highest BCUT2D eigenvalue weighted by Crippen LogP contribution is 2.27. The van der Waals surface area contributed by atoms with Gasteiger partial charge in [-0.05, 0) is 88.0 Å². The van der Waals surface area contributed by atoms with Gasteiger partial charge in [0.25, 0.3) is 5.91 Å². The van der Waals surface area contributed by atoms with Crippen molar-refractivity contribution in [3.63, 3.8) is 0 Å². The van der Waals surface area contributed by atoms with Crippen LogP contribution in [-0.4, -0.2) is 61.1 Å². The maximum absolute atomic E-state index is 13.2. The second kappa shape index (κ2) is 10.8. The van der Waals surface area contributed by atoms with Crippen LogP contribution < -0.4 is 10.1 Å². The molecule has 1 amide bonds. The summed E-state index contributed by atoms with van der Waals surface area (Å²) in [5.74, 6) is 0.516. The van der Waals surface area contributed by atoms with E-state index in [0.29, 0.717) is 18.2 Å². The molecule has 1 aliphatic carbocycles. The summed E-state index contributed by atoms with van der Waals surface area (Å²) in [6.45, 7) is 4.07. The summed E-state index contributed by atoms with van der Waals surface area (Å²) in [7, 11) is 1.85. The van der Waals surface area contributed by atoms with Gasteiger partial charge < -0.3 is 15.0 Å². The highest BCUT2D eigenvalue weighted by Gasteiger charge is 2.28. The molecule has 5 nitrogen and oxygen atoms in total. The minimum Gasteiger partial charge on any atom is -0.492 e. The molecule has 0 radical (unpaired) electrons. The fourth-order valence-electron chi connectivity index (χ4n) is 4.82. The lowest BCUT2D eigenvalue weighted by molar-refractivity contribution is 0.0691. The monoisotopic (exact) mass is 439 g/mol. The molecule has 6 heteroatoms. The lowest BCUT2D eigenvalue weighted by atomic mass is 9.89. The molecule has 32 heavy (non-hydrogen) atoms. The SMILES string of the molecule is CN(C(=O)c1ccc(F)cc1)[C@@H]1CCC[C@H](Nc2cccc(OCCN3CCCC3)c2)C1. The maximum atomic E-state index is 13.2. The van der Waals surface area contributed by atoms with Crippen molar-refractivity contribution >= 4 is 11.6 Å². The van der Waals surface area contributed by atoms with Crippen molar-refractivity contribution in [1.29, 1.82) is 0 Å². The van der Waals surface area contributed by atoms with Crippen LogP contribution in [0.3, 0.4) is 0 Å². The van der Waals surface area contributed by atoms with Gasteiger partial charge in [-0.2, -0.15) is 0 Å². The van der Waals surface area contributed by atoms with Crippen molar-refractivity contribution in [1.82, 2.24) is 9.80 Å². The first-order valence-corrected chi connectivity index (χ1v) is 11.8. The lowest BCUT2D eigenvalue weighted by Gasteiger charge is -2.36. The van der Waals surface area contributed by atoms with Gasteiger partial charge in [-0.15, -0.1) is 0 Å². The summed E-state index contributed by atoms with van der Waals surface area (Å²) < 4.78 is 19.2. The number of likely N-dealkylation sites (tertiary alicyclic amines) is 1. The number of hydrogen-bond acceptors (Lipinski definition) is 4. The smallest absolute Gasteiger partial charge is 0.253 e. The van der Waals surface area contributed by atoms with Gasteiger partial charge in [-0.1, -0.05) is 6.07 Å². The summed E-state index contributed by atoms with van der Waals surface area (Å²) in [6, 6.07) is 14.4. The summed E-state index contributed by atoms with van der Waals surface area (Å²) in [4.78, 5) is 17.1. The molecule has 0 aromatic heterocycles. The van der Waals surface area contributed by atoms with Gasteiger partial charge in [-0.3, -0.25) is 9.69 Å². The highest BCUT2D eigenvalue weighted by atomic mass is 19.1. The molecule has 1 aliphatic heterocycles. The molecule has 1 saturated heterocycles. The van der Waals surface area contributed by atoms with Crippen LogP contribution in [0.4, 0.5) is 10.1 Å². The van der Waals surface area contributed by atoms with Crippen molar-refractivity contribution in [2.45, 2.75) is 50.6 Å². The molecule has 2 aromatic carbocycles. The van der Waals surface area contributed by atoms with Crippen molar-refractivity contribution in [3.05, 3.63) is 59.9 Å². The Hall–Kier alpha value is -2.60. The van der Waals surface area contributed by atoms with Gasteiger partial charge in [0.2, 0.25) is 0 Å². The molecule has 1 saturated carbocycles. The maximum Gasteiger partial charge on any atom is 0.253 e. The first-order chi connectivity index (χ1) is 15.6. The minimum absolute atomic E-state index is 0.0518. The van der Waals surface area contributed by atoms with E-state index in [0.717, 1.165) is 43.7 Å². The summed E-state index contributed by atoms with van der Waals surface area (Å²) in [5.41, 5.74) is 1.59. The summed E-state index contributed by atoms with van der Waals surface area (Å²) in [5, 5.41) is 3.65. The summed E-state index contributed by atoms with van der Waals surface area (Å²) >= 11 is 0. The van der Waals surface area contributed by atoms with Crippen LogP contribution in [0.2, 0.25) is 0 Å². The zero-order valence-corrected chi connectivity index (χ0v) is 18.9. The van der Waals surface area contributed by atoms with Crippen LogP contribution in [0, 0.1) is 5.82 Å². The predicted molar refractivity (Wildman–Crippen MR) is 126 cm³/mol. The molecule has 0 bridgehead atoms. The number of carbonyl (C=O) groups is 1. The molecule has 4 rings (SSSR count). The van der Waals surface area contributed by atoms with Gasteiger partial charge in [-0.25, -0.2) is 4.39 Å². The van der Waals surface area contributed by atoms with Crippen LogP contribution in [0.25, 0.3) is 0 Å². The second-order valence-corrected chi connectivity index (χ2v) is 9.01. The third-order valence-electron chi connectivity index (χ3n) is 6.69. The molecule has 2 fully saturated rings. The van der Waals surface area contributed by atoms with Gasteiger partial charge >= 0.3 is 0 Å². The Kier molecular flexibility index (Phi) is 7.63. The molecule has 2 aliphatic rings. The van der Waals surface area contributed by atoms with E-state index in [2.05, 4.69) is 22.3 Å². The quantitative estimate of drug-likeness (QED) is 0.642. The van der Waals surface area contributed by atoms with Crippen LogP contribution in [0.15, 0.2) is 48.5 Å². The van der Waals surface area contributed by atoms with E-state index in [4.69, 9.17) is 4.74 Å². The van der Waals surface area contributed by atoms with Gasteiger partial charge in [0, 0.05) is 43.0 Å². The molecular formula is C26H34FN3O2. The van der Waals surface area contributed by atoms with Crippen molar-refractivity contribution in [3.8, 4) is 5.75 Å². The van der Waals surface area contributed by atoms with Crippen molar-refractivity contribution in [2.75, 3.05) is 38.6 Å². The average molecular weight is 440 g/mol. The molecule has 0 spiro atoms. The predicted octanol–water partition coefficient (Wildman–Crippen LogP) is 4.80. The van der Waals surface area contributed by atoms with Crippen LogP contribution in [0.5, 0.6) is 5.75 Å². The Bertz CT molecular complexity index is 883. The molecule has 0 unspecified atom stereocenters. The summed E-state index contributed by atoms with van der Waals surface area (Å²) in [6.07, 6.45) is 6.62. The number of carbonyl (C=O) groups excluding carboxylic acids is 1. The zero-order valence-electron chi connectivity index (χ0n) is 18.9. The van der Waals surface area contributed by atoms with E-state index in [1.807, 2.05) is 24.1 Å². The van der Waals surface area contributed by atoms with Crippen LogP contribution in [-0.2, 0) is 0 Å². The number of nitrogens with zero attached hydrogens (tertiary/aromatic N) is 2.